The Hall–Kier alpha value is -2.81. The summed E-state index contributed by atoms with van der Waals surface area (Å²) in [5.41, 5.74) is 1.01. The minimum Gasteiger partial charge on any atom is -0.462 e. The van der Waals surface area contributed by atoms with E-state index in [1.807, 2.05) is 17.9 Å². The van der Waals surface area contributed by atoms with Gasteiger partial charge in [-0.05, 0) is 32.3 Å². The molecule has 1 aliphatic heterocycles. The zero-order valence-electron chi connectivity index (χ0n) is 16.3. The van der Waals surface area contributed by atoms with Crippen LogP contribution in [-0.4, -0.2) is 56.8 Å². The highest BCUT2D eigenvalue weighted by atomic mass is 16.5. The summed E-state index contributed by atoms with van der Waals surface area (Å²) in [7, 11) is 0. The summed E-state index contributed by atoms with van der Waals surface area (Å²) in [6.07, 6.45) is 6.01. The maximum Gasteiger partial charge on any atom is 0.341 e. The second kappa shape index (κ2) is 9.41. The van der Waals surface area contributed by atoms with Crippen molar-refractivity contribution in [2.24, 2.45) is 0 Å². The molecule has 0 aromatic carbocycles. The fourth-order valence-corrected chi connectivity index (χ4v) is 3.13. The predicted octanol–water partition coefficient (Wildman–Crippen LogP) is 2.10. The van der Waals surface area contributed by atoms with Crippen LogP contribution in [0.3, 0.4) is 0 Å². The molecule has 2 aromatic rings. The SMILES string of the molecule is CCCc1nc(Nc2nccc(N3CCCC(O)C3)n2)ncc1C(=O)OCC. The van der Waals surface area contributed by atoms with Crippen molar-refractivity contribution < 1.29 is 14.6 Å². The molecule has 9 nitrogen and oxygen atoms in total. The van der Waals surface area contributed by atoms with Gasteiger partial charge >= 0.3 is 5.97 Å². The van der Waals surface area contributed by atoms with Crippen molar-refractivity contribution in [2.75, 3.05) is 29.9 Å². The van der Waals surface area contributed by atoms with Crippen molar-refractivity contribution in [1.82, 2.24) is 19.9 Å². The van der Waals surface area contributed by atoms with Crippen LogP contribution in [0, 0.1) is 0 Å². The molecule has 0 aliphatic carbocycles. The van der Waals surface area contributed by atoms with Gasteiger partial charge in [-0.1, -0.05) is 13.3 Å². The van der Waals surface area contributed by atoms with E-state index < -0.39 is 5.97 Å². The number of aryl methyl sites for hydroxylation is 1. The summed E-state index contributed by atoms with van der Waals surface area (Å²) in [5.74, 6) is 1.02. The Labute approximate surface area is 164 Å². The van der Waals surface area contributed by atoms with Crippen LogP contribution >= 0.6 is 0 Å². The Morgan fingerprint density at radius 2 is 2.14 bits per heavy atom. The molecule has 0 spiro atoms. The minimum absolute atomic E-state index is 0.302. The van der Waals surface area contributed by atoms with Gasteiger partial charge in [-0.15, -0.1) is 0 Å². The molecule has 0 amide bonds. The van der Waals surface area contributed by atoms with Crippen LogP contribution in [0.5, 0.6) is 0 Å². The molecule has 3 heterocycles. The van der Waals surface area contributed by atoms with E-state index in [0.29, 0.717) is 42.7 Å². The number of piperidine rings is 1. The fraction of sp³-hybridized carbons (Fsp3) is 0.526. The van der Waals surface area contributed by atoms with E-state index in [-0.39, 0.29) is 6.10 Å². The summed E-state index contributed by atoms with van der Waals surface area (Å²) < 4.78 is 5.07. The Bertz CT molecular complexity index is 816. The lowest BCUT2D eigenvalue weighted by molar-refractivity contribution is 0.0524. The quantitative estimate of drug-likeness (QED) is 0.691. The van der Waals surface area contributed by atoms with Gasteiger partial charge in [0.25, 0.3) is 0 Å². The van der Waals surface area contributed by atoms with Gasteiger partial charge in [-0.3, -0.25) is 5.32 Å². The molecule has 1 atom stereocenters. The van der Waals surface area contributed by atoms with Crippen molar-refractivity contribution in [1.29, 1.82) is 0 Å². The third kappa shape index (κ3) is 4.92. The number of carbonyl (C=O) groups is 1. The number of nitrogens with one attached hydrogen (secondary N) is 1. The maximum absolute atomic E-state index is 12.1. The number of β-amino-alcohol motifs (C(OH)–C–C–N with tert-alkyl or cyclic N) is 1. The van der Waals surface area contributed by atoms with Crippen LogP contribution in [0.4, 0.5) is 17.7 Å². The van der Waals surface area contributed by atoms with Gasteiger partial charge in [-0.2, -0.15) is 4.98 Å². The Morgan fingerprint density at radius 3 is 2.89 bits per heavy atom. The van der Waals surface area contributed by atoms with Crippen LogP contribution in [-0.2, 0) is 11.2 Å². The maximum atomic E-state index is 12.1. The second-order valence-corrected chi connectivity index (χ2v) is 6.63. The van der Waals surface area contributed by atoms with Crippen LogP contribution in [0.2, 0.25) is 0 Å². The average Bonchev–Trinajstić information content (AvgIpc) is 2.69. The van der Waals surface area contributed by atoms with Crippen LogP contribution < -0.4 is 10.2 Å². The Balaban J connectivity index is 1.78. The molecule has 3 rings (SSSR count). The number of esters is 1. The van der Waals surface area contributed by atoms with E-state index in [4.69, 9.17) is 4.74 Å². The second-order valence-electron chi connectivity index (χ2n) is 6.63. The molecule has 1 saturated heterocycles. The number of aliphatic hydroxyl groups excluding tert-OH is 1. The third-order valence-corrected chi connectivity index (χ3v) is 4.43. The average molecular weight is 386 g/mol. The number of rotatable bonds is 7. The smallest absolute Gasteiger partial charge is 0.341 e. The molecule has 0 saturated carbocycles. The monoisotopic (exact) mass is 386 g/mol. The first kappa shape index (κ1) is 19.9. The molecule has 0 radical (unpaired) electrons. The highest BCUT2D eigenvalue weighted by Gasteiger charge is 2.20. The van der Waals surface area contributed by atoms with Gasteiger partial charge in [0, 0.05) is 25.5 Å². The van der Waals surface area contributed by atoms with E-state index in [9.17, 15) is 9.90 Å². The number of hydrogen-bond donors (Lipinski definition) is 2. The highest BCUT2D eigenvalue weighted by molar-refractivity contribution is 5.90. The van der Waals surface area contributed by atoms with Crippen molar-refractivity contribution in [3.05, 3.63) is 29.7 Å². The van der Waals surface area contributed by atoms with Gasteiger partial charge in [0.1, 0.15) is 5.82 Å². The molecule has 2 N–H and O–H groups in total. The topological polar surface area (TPSA) is 113 Å². The summed E-state index contributed by atoms with van der Waals surface area (Å²) in [5, 5.41) is 12.9. The third-order valence-electron chi connectivity index (χ3n) is 4.43. The fourth-order valence-electron chi connectivity index (χ4n) is 3.13. The van der Waals surface area contributed by atoms with Crippen molar-refractivity contribution >= 4 is 23.7 Å². The highest BCUT2D eigenvalue weighted by Crippen LogP contribution is 2.20. The van der Waals surface area contributed by atoms with Crippen LogP contribution in [0.15, 0.2) is 18.5 Å². The normalized spacial score (nSPS) is 16.7. The minimum atomic E-state index is -0.417. The van der Waals surface area contributed by atoms with E-state index >= 15 is 0 Å². The molecule has 9 heteroatoms. The van der Waals surface area contributed by atoms with Crippen LogP contribution in [0.1, 0.15) is 49.2 Å². The number of hydrogen-bond acceptors (Lipinski definition) is 9. The molecular formula is C19H26N6O3. The summed E-state index contributed by atoms with van der Waals surface area (Å²) >= 11 is 0. The number of nitrogens with zero attached hydrogens (tertiary/aromatic N) is 5. The Kier molecular flexibility index (Phi) is 6.70. The van der Waals surface area contributed by atoms with Crippen molar-refractivity contribution in [3.8, 4) is 0 Å². The van der Waals surface area contributed by atoms with Gasteiger partial charge in [0.15, 0.2) is 0 Å². The van der Waals surface area contributed by atoms with Crippen molar-refractivity contribution in [2.45, 2.75) is 45.6 Å². The standard InChI is InChI=1S/C19H26N6O3/c1-3-6-15-14(17(27)28-4-2)11-21-19(22-15)24-18-20-9-8-16(23-18)25-10-5-7-13(26)12-25/h8-9,11,13,26H,3-7,10,12H2,1-2H3,(H,20,21,22,23,24). The predicted molar refractivity (Wildman–Crippen MR) is 105 cm³/mol. The van der Waals surface area contributed by atoms with Gasteiger partial charge in [0.05, 0.1) is 24.0 Å². The van der Waals surface area contributed by atoms with Crippen molar-refractivity contribution in [3.63, 3.8) is 0 Å². The first-order valence-electron chi connectivity index (χ1n) is 9.66. The summed E-state index contributed by atoms with van der Waals surface area (Å²) in [6, 6.07) is 1.82. The number of aliphatic hydroxyl groups is 1. The molecule has 0 bridgehead atoms. The van der Waals surface area contributed by atoms with Gasteiger partial charge < -0.3 is 14.7 Å². The molecule has 1 aliphatic rings. The lowest BCUT2D eigenvalue weighted by Gasteiger charge is -2.30. The zero-order chi connectivity index (χ0) is 19.9. The van der Waals surface area contributed by atoms with Gasteiger partial charge in [-0.25, -0.2) is 19.7 Å². The molecule has 2 aromatic heterocycles. The number of ether oxygens (including phenoxy) is 1. The molecule has 1 unspecified atom stereocenters. The molecule has 28 heavy (non-hydrogen) atoms. The zero-order valence-corrected chi connectivity index (χ0v) is 16.3. The van der Waals surface area contributed by atoms with Crippen LogP contribution in [0.25, 0.3) is 0 Å². The first-order valence-corrected chi connectivity index (χ1v) is 9.66. The summed E-state index contributed by atoms with van der Waals surface area (Å²) in [6.45, 7) is 5.49. The molecule has 1 fully saturated rings. The lowest BCUT2D eigenvalue weighted by atomic mass is 10.1. The van der Waals surface area contributed by atoms with Gasteiger partial charge in [0.2, 0.25) is 11.9 Å². The first-order chi connectivity index (χ1) is 13.6. The lowest BCUT2D eigenvalue weighted by Crippen LogP contribution is -2.38. The number of anilines is 3. The number of carbonyl (C=O) groups excluding carboxylic acids is 1. The number of aromatic nitrogens is 4. The van der Waals surface area contributed by atoms with E-state index in [0.717, 1.165) is 31.6 Å². The Morgan fingerprint density at radius 1 is 1.32 bits per heavy atom. The van der Waals surface area contributed by atoms with E-state index in [1.165, 1.54) is 6.20 Å². The van der Waals surface area contributed by atoms with E-state index in [2.05, 4.69) is 25.3 Å². The largest absolute Gasteiger partial charge is 0.462 e. The molecular weight excluding hydrogens is 360 g/mol. The summed E-state index contributed by atoms with van der Waals surface area (Å²) in [4.78, 5) is 31.5. The molecule has 150 valence electrons. The van der Waals surface area contributed by atoms with E-state index in [1.54, 1.807) is 13.1 Å².